The van der Waals surface area contributed by atoms with Gasteiger partial charge in [0.2, 0.25) is 0 Å². The maximum absolute atomic E-state index is 12.3. The summed E-state index contributed by atoms with van der Waals surface area (Å²) >= 11 is 1.07. The SMILES string of the molecule is CCCS(=O)(=O)c1c(N)nsc1N(CCO)C(C)C. The minimum Gasteiger partial charge on any atom is -0.395 e. The van der Waals surface area contributed by atoms with Crippen molar-refractivity contribution < 1.29 is 13.5 Å². The van der Waals surface area contributed by atoms with E-state index in [4.69, 9.17) is 10.8 Å². The van der Waals surface area contributed by atoms with Gasteiger partial charge in [0.25, 0.3) is 0 Å². The number of nitrogen functional groups attached to an aromatic ring is 1. The van der Waals surface area contributed by atoms with E-state index in [2.05, 4.69) is 4.37 Å². The molecule has 1 aromatic rings. The van der Waals surface area contributed by atoms with Gasteiger partial charge in [0.15, 0.2) is 15.7 Å². The number of rotatable bonds is 7. The molecule has 6 nitrogen and oxygen atoms in total. The molecule has 1 heterocycles. The molecule has 19 heavy (non-hydrogen) atoms. The molecule has 0 aliphatic carbocycles. The molecular formula is C11H21N3O3S2. The fraction of sp³-hybridized carbons (Fsp3) is 0.727. The van der Waals surface area contributed by atoms with Crippen molar-refractivity contribution >= 4 is 32.2 Å². The molecule has 0 atom stereocenters. The van der Waals surface area contributed by atoms with Crippen molar-refractivity contribution in [2.75, 3.05) is 29.5 Å². The van der Waals surface area contributed by atoms with Crippen LogP contribution in [0.3, 0.4) is 0 Å². The second kappa shape index (κ2) is 6.53. The number of hydrogen-bond acceptors (Lipinski definition) is 7. The molecular weight excluding hydrogens is 286 g/mol. The molecule has 0 fully saturated rings. The third-order valence-corrected chi connectivity index (χ3v) is 5.67. The summed E-state index contributed by atoms with van der Waals surface area (Å²) < 4.78 is 28.5. The van der Waals surface area contributed by atoms with Gasteiger partial charge in [-0.2, -0.15) is 4.37 Å². The lowest BCUT2D eigenvalue weighted by molar-refractivity contribution is 0.299. The van der Waals surface area contributed by atoms with Crippen LogP contribution in [0.5, 0.6) is 0 Å². The molecule has 0 amide bonds. The van der Waals surface area contributed by atoms with Crippen molar-refractivity contribution in [1.82, 2.24) is 4.37 Å². The lowest BCUT2D eigenvalue weighted by atomic mass is 10.3. The summed E-state index contributed by atoms with van der Waals surface area (Å²) in [7, 11) is -3.43. The lowest BCUT2D eigenvalue weighted by Gasteiger charge is -2.27. The first-order valence-corrected chi connectivity index (χ1v) is 8.63. The smallest absolute Gasteiger partial charge is 0.185 e. The molecule has 0 saturated carbocycles. The summed E-state index contributed by atoms with van der Waals surface area (Å²) in [5, 5.41) is 9.64. The van der Waals surface area contributed by atoms with Gasteiger partial charge in [-0.3, -0.25) is 0 Å². The molecule has 0 radical (unpaired) electrons. The van der Waals surface area contributed by atoms with Gasteiger partial charge >= 0.3 is 0 Å². The number of aliphatic hydroxyl groups is 1. The predicted molar refractivity (Wildman–Crippen MR) is 78.4 cm³/mol. The topological polar surface area (TPSA) is 96.5 Å². The van der Waals surface area contributed by atoms with Crippen LogP contribution in [0.2, 0.25) is 0 Å². The van der Waals surface area contributed by atoms with E-state index in [1.165, 1.54) is 0 Å². The summed E-state index contributed by atoms with van der Waals surface area (Å²) in [4.78, 5) is 1.93. The van der Waals surface area contributed by atoms with Crippen molar-refractivity contribution in [2.45, 2.75) is 38.1 Å². The number of hydrogen-bond donors (Lipinski definition) is 2. The van der Waals surface area contributed by atoms with Crippen molar-refractivity contribution in [1.29, 1.82) is 0 Å². The summed E-state index contributed by atoms with van der Waals surface area (Å²) in [6.45, 7) is 5.97. The Morgan fingerprint density at radius 3 is 2.58 bits per heavy atom. The molecule has 0 aromatic carbocycles. The van der Waals surface area contributed by atoms with Crippen LogP contribution in [0.25, 0.3) is 0 Å². The van der Waals surface area contributed by atoms with Gasteiger partial charge in [0, 0.05) is 12.6 Å². The van der Waals surface area contributed by atoms with E-state index in [1.54, 1.807) is 6.92 Å². The largest absolute Gasteiger partial charge is 0.395 e. The molecule has 1 rings (SSSR count). The first kappa shape index (κ1) is 16.2. The molecule has 0 saturated heterocycles. The summed E-state index contributed by atoms with van der Waals surface area (Å²) in [6, 6.07) is 0.0579. The van der Waals surface area contributed by atoms with Crippen LogP contribution in [0.4, 0.5) is 10.8 Å². The van der Waals surface area contributed by atoms with Crippen molar-refractivity contribution in [3.63, 3.8) is 0 Å². The van der Waals surface area contributed by atoms with Gasteiger partial charge < -0.3 is 15.7 Å². The molecule has 3 N–H and O–H groups in total. The molecule has 8 heteroatoms. The Hall–Kier alpha value is -0.860. The van der Waals surface area contributed by atoms with E-state index >= 15 is 0 Å². The van der Waals surface area contributed by atoms with Crippen molar-refractivity contribution in [2.24, 2.45) is 0 Å². The average Bonchev–Trinajstić information content (AvgIpc) is 2.68. The van der Waals surface area contributed by atoms with Crippen LogP contribution in [-0.4, -0.2) is 42.8 Å². The third kappa shape index (κ3) is 3.58. The third-order valence-electron chi connectivity index (χ3n) is 2.67. The minimum atomic E-state index is -3.43. The fourth-order valence-corrected chi connectivity index (χ4v) is 4.74. The van der Waals surface area contributed by atoms with Crippen LogP contribution < -0.4 is 10.6 Å². The van der Waals surface area contributed by atoms with Crippen molar-refractivity contribution in [3.05, 3.63) is 0 Å². The van der Waals surface area contributed by atoms with Crippen LogP contribution in [0.15, 0.2) is 4.90 Å². The summed E-state index contributed by atoms with van der Waals surface area (Å²) in [5.74, 6) is 0.102. The number of nitrogens with two attached hydrogens (primary N) is 1. The Morgan fingerprint density at radius 2 is 2.11 bits per heavy atom. The minimum absolute atomic E-state index is 0.0493. The Balaban J connectivity index is 3.30. The van der Waals surface area contributed by atoms with Crippen molar-refractivity contribution in [3.8, 4) is 0 Å². The number of anilines is 2. The number of sulfone groups is 1. The van der Waals surface area contributed by atoms with Gasteiger partial charge in [-0.05, 0) is 31.8 Å². The van der Waals surface area contributed by atoms with E-state index in [9.17, 15) is 8.42 Å². The summed E-state index contributed by atoms with van der Waals surface area (Å²) in [6.07, 6.45) is 0.527. The van der Waals surface area contributed by atoms with E-state index < -0.39 is 9.84 Å². The predicted octanol–water partition coefficient (Wildman–Crippen LogP) is 1.12. The molecule has 0 unspecified atom stereocenters. The van der Waals surface area contributed by atoms with Crippen LogP contribution in [0, 0.1) is 0 Å². The number of nitrogens with zero attached hydrogens (tertiary/aromatic N) is 2. The first-order valence-electron chi connectivity index (χ1n) is 6.20. The lowest BCUT2D eigenvalue weighted by Crippen LogP contribution is -2.33. The van der Waals surface area contributed by atoms with Gasteiger partial charge in [0.1, 0.15) is 9.90 Å². The zero-order chi connectivity index (χ0) is 14.6. The van der Waals surface area contributed by atoms with Gasteiger partial charge in [0.05, 0.1) is 12.4 Å². The van der Waals surface area contributed by atoms with E-state index in [0.717, 1.165) is 11.5 Å². The van der Waals surface area contributed by atoms with Crippen LogP contribution in [-0.2, 0) is 9.84 Å². The number of aliphatic hydroxyl groups excluding tert-OH is 1. The molecule has 1 aromatic heterocycles. The van der Waals surface area contributed by atoms with Gasteiger partial charge in [-0.1, -0.05) is 6.92 Å². The first-order chi connectivity index (χ1) is 8.85. The Bertz CT molecular complexity index is 511. The maximum atomic E-state index is 12.3. The van der Waals surface area contributed by atoms with E-state index in [-0.39, 0.29) is 29.1 Å². The van der Waals surface area contributed by atoms with Gasteiger partial charge in [-0.25, -0.2) is 8.42 Å². The normalized spacial score (nSPS) is 12.1. The van der Waals surface area contributed by atoms with E-state index in [1.807, 2.05) is 18.7 Å². The Labute approximate surface area is 118 Å². The molecule has 0 spiro atoms. The quantitative estimate of drug-likeness (QED) is 0.783. The standard InChI is InChI=1S/C11H21N3O3S2/c1-4-7-19(16,17)9-10(12)13-18-11(9)14(5-6-15)8(2)3/h8,15H,4-7H2,1-3H3,(H2,12,13). The second-order valence-electron chi connectivity index (χ2n) is 4.53. The molecule has 110 valence electrons. The monoisotopic (exact) mass is 307 g/mol. The Kier molecular flexibility index (Phi) is 5.57. The van der Waals surface area contributed by atoms with Gasteiger partial charge in [-0.15, -0.1) is 0 Å². The maximum Gasteiger partial charge on any atom is 0.185 e. The second-order valence-corrected chi connectivity index (χ2v) is 7.33. The van der Waals surface area contributed by atoms with Crippen LogP contribution in [0.1, 0.15) is 27.2 Å². The zero-order valence-corrected chi connectivity index (χ0v) is 13.1. The molecule has 0 aliphatic rings. The highest BCUT2D eigenvalue weighted by atomic mass is 32.2. The zero-order valence-electron chi connectivity index (χ0n) is 11.5. The molecule has 0 aliphatic heterocycles. The highest BCUT2D eigenvalue weighted by molar-refractivity contribution is 7.91. The molecule has 0 bridgehead atoms. The summed E-state index contributed by atoms with van der Waals surface area (Å²) in [5.41, 5.74) is 5.72. The Morgan fingerprint density at radius 1 is 1.47 bits per heavy atom. The average molecular weight is 307 g/mol. The fourth-order valence-electron chi connectivity index (χ4n) is 1.83. The van der Waals surface area contributed by atoms with E-state index in [0.29, 0.717) is 18.0 Å². The highest BCUT2D eigenvalue weighted by Gasteiger charge is 2.28. The number of aromatic nitrogens is 1. The van der Waals surface area contributed by atoms with Crippen LogP contribution >= 0.6 is 11.5 Å². The highest BCUT2D eigenvalue weighted by Crippen LogP contribution is 2.36.